The number of benzene rings is 3. The van der Waals surface area contributed by atoms with Crippen LogP contribution in [0.1, 0.15) is 37.0 Å². The Morgan fingerprint density at radius 1 is 0.815 bits per heavy atom. The van der Waals surface area contributed by atoms with Gasteiger partial charge in [-0.15, -0.1) is 0 Å². The van der Waals surface area contributed by atoms with Gasteiger partial charge in [-0.2, -0.15) is 0 Å². The van der Waals surface area contributed by atoms with E-state index in [0.717, 1.165) is 17.1 Å². The molecule has 0 saturated carbocycles. The molecule has 0 aromatic heterocycles. The van der Waals surface area contributed by atoms with E-state index in [2.05, 4.69) is 50.2 Å². The monoisotopic (exact) mass is 360 g/mol. The maximum absolute atomic E-state index is 10.6. The SMILES string of the molecule is CC(C)(c1ccccc1)c1ccc(Oc2ccc(CCC(=O)O)cc2)cc1. The summed E-state index contributed by atoms with van der Waals surface area (Å²) in [7, 11) is 0. The number of aliphatic carboxylic acids is 1. The fourth-order valence-electron chi connectivity index (χ4n) is 3.07. The molecule has 27 heavy (non-hydrogen) atoms. The molecule has 0 amide bonds. The largest absolute Gasteiger partial charge is 0.481 e. The summed E-state index contributed by atoms with van der Waals surface area (Å²) in [6.07, 6.45) is 0.664. The van der Waals surface area contributed by atoms with Gasteiger partial charge in [-0.1, -0.05) is 68.4 Å². The molecule has 0 radical (unpaired) electrons. The molecule has 3 aromatic rings. The number of carboxylic acids is 1. The molecule has 0 atom stereocenters. The highest BCUT2D eigenvalue weighted by atomic mass is 16.5. The molecule has 0 aliphatic rings. The van der Waals surface area contributed by atoms with Gasteiger partial charge in [0.05, 0.1) is 0 Å². The minimum absolute atomic E-state index is 0.0778. The summed E-state index contributed by atoms with van der Waals surface area (Å²) in [5, 5.41) is 8.75. The van der Waals surface area contributed by atoms with Crippen LogP contribution in [0.2, 0.25) is 0 Å². The standard InChI is InChI=1S/C24H24O3/c1-24(2,19-6-4-3-5-7-19)20-11-15-22(16-12-20)27-21-13-8-18(9-14-21)10-17-23(25)26/h3-9,11-16H,10,17H2,1-2H3,(H,25,26). The molecule has 3 aromatic carbocycles. The zero-order valence-electron chi connectivity index (χ0n) is 15.7. The summed E-state index contributed by atoms with van der Waals surface area (Å²) >= 11 is 0. The van der Waals surface area contributed by atoms with Crippen LogP contribution < -0.4 is 4.74 Å². The minimum atomic E-state index is -0.783. The van der Waals surface area contributed by atoms with E-state index in [-0.39, 0.29) is 11.8 Å². The van der Waals surface area contributed by atoms with Gasteiger partial charge >= 0.3 is 5.97 Å². The molecular weight excluding hydrogens is 336 g/mol. The van der Waals surface area contributed by atoms with Crippen molar-refractivity contribution in [2.45, 2.75) is 32.1 Å². The number of carbonyl (C=O) groups is 1. The normalized spacial score (nSPS) is 11.2. The van der Waals surface area contributed by atoms with Gasteiger partial charge in [0.25, 0.3) is 0 Å². The number of hydrogen-bond acceptors (Lipinski definition) is 2. The maximum Gasteiger partial charge on any atom is 0.303 e. The van der Waals surface area contributed by atoms with Crippen molar-refractivity contribution in [1.29, 1.82) is 0 Å². The Morgan fingerprint density at radius 3 is 1.89 bits per heavy atom. The molecule has 0 heterocycles. The first-order valence-corrected chi connectivity index (χ1v) is 9.10. The highest BCUT2D eigenvalue weighted by Crippen LogP contribution is 2.33. The molecule has 0 unspecified atom stereocenters. The van der Waals surface area contributed by atoms with Crippen molar-refractivity contribution in [1.82, 2.24) is 0 Å². The Labute approximate surface area is 160 Å². The second kappa shape index (κ2) is 8.09. The average molecular weight is 360 g/mol. The van der Waals surface area contributed by atoms with Gasteiger partial charge < -0.3 is 9.84 Å². The molecule has 3 heteroatoms. The van der Waals surface area contributed by atoms with Gasteiger partial charge in [0.2, 0.25) is 0 Å². The van der Waals surface area contributed by atoms with Crippen LogP contribution in [0.4, 0.5) is 0 Å². The zero-order chi connectivity index (χ0) is 19.3. The summed E-state index contributed by atoms with van der Waals surface area (Å²) in [6, 6.07) is 26.2. The van der Waals surface area contributed by atoms with E-state index >= 15 is 0 Å². The van der Waals surface area contributed by atoms with Crippen molar-refractivity contribution in [2.24, 2.45) is 0 Å². The Kier molecular flexibility index (Phi) is 5.60. The Hall–Kier alpha value is -3.07. The van der Waals surface area contributed by atoms with Crippen LogP contribution in [0.3, 0.4) is 0 Å². The van der Waals surface area contributed by atoms with Gasteiger partial charge in [-0.05, 0) is 47.4 Å². The predicted octanol–water partition coefficient (Wildman–Crippen LogP) is 5.82. The minimum Gasteiger partial charge on any atom is -0.481 e. The molecule has 0 spiro atoms. The third kappa shape index (κ3) is 4.76. The summed E-state index contributed by atoms with van der Waals surface area (Å²) < 4.78 is 5.92. The van der Waals surface area contributed by atoms with Gasteiger partial charge in [-0.3, -0.25) is 4.79 Å². The average Bonchev–Trinajstić information content (AvgIpc) is 2.68. The molecule has 0 fully saturated rings. The fraction of sp³-hybridized carbons (Fsp3) is 0.208. The molecular formula is C24H24O3. The second-order valence-corrected chi connectivity index (χ2v) is 7.16. The number of aryl methyl sites for hydroxylation is 1. The summed E-state index contributed by atoms with van der Waals surface area (Å²) in [5.41, 5.74) is 3.41. The maximum atomic E-state index is 10.6. The third-order valence-electron chi connectivity index (χ3n) is 4.86. The molecule has 3 nitrogen and oxygen atoms in total. The first kappa shape index (κ1) is 18.7. The summed E-state index contributed by atoms with van der Waals surface area (Å²) in [6.45, 7) is 4.43. The van der Waals surface area contributed by atoms with E-state index in [1.54, 1.807) is 0 Å². The molecule has 138 valence electrons. The molecule has 0 saturated heterocycles. The van der Waals surface area contributed by atoms with Gasteiger partial charge in [0.15, 0.2) is 0 Å². The lowest BCUT2D eigenvalue weighted by Gasteiger charge is -2.26. The van der Waals surface area contributed by atoms with Crippen molar-refractivity contribution >= 4 is 5.97 Å². The molecule has 0 aliphatic carbocycles. The highest BCUT2D eigenvalue weighted by Gasteiger charge is 2.22. The lowest BCUT2D eigenvalue weighted by Crippen LogP contribution is -2.18. The van der Waals surface area contributed by atoms with Crippen molar-refractivity contribution in [3.63, 3.8) is 0 Å². The number of rotatable bonds is 7. The number of ether oxygens (including phenoxy) is 1. The Balaban J connectivity index is 1.68. The first-order valence-electron chi connectivity index (χ1n) is 9.10. The summed E-state index contributed by atoms with van der Waals surface area (Å²) in [5.74, 6) is 0.735. The number of hydrogen-bond donors (Lipinski definition) is 1. The van der Waals surface area contributed by atoms with E-state index in [9.17, 15) is 4.79 Å². The van der Waals surface area contributed by atoms with Crippen LogP contribution in [-0.4, -0.2) is 11.1 Å². The molecule has 1 N–H and O–H groups in total. The zero-order valence-corrected chi connectivity index (χ0v) is 15.7. The van der Waals surface area contributed by atoms with Crippen molar-refractivity contribution < 1.29 is 14.6 Å². The van der Waals surface area contributed by atoms with Gasteiger partial charge in [0.1, 0.15) is 11.5 Å². The van der Waals surface area contributed by atoms with E-state index in [1.807, 2.05) is 42.5 Å². The van der Waals surface area contributed by atoms with E-state index < -0.39 is 5.97 Å². The third-order valence-corrected chi connectivity index (χ3v) is 4.86. The molecule has 0 aliphatic heterocycles. The van der Waals surface area contributed by atoms with Crippen molar-refractivity contribution in [2.75, 3.05) is 0 Å². The Morgan fingerprint density at radius 2 is 1.33 bits per heavy atom. The second-order valence-electron chi connectivity index (χ2n) is 7.16. The van der Waals surface area contributed by atoms with E-state index in [1.165, 1.54) is 11.1 Å². The lowest BCUT2D eigenvalue weighted by atomic mass is 9.78. The molecule has 0 bridgehead atoms. The van der Waals surface area contributed by atoms with Gasteiger partial charge in [0, 0.05) is 11.8 Å². The lowest BCUT2D eigenvalue weighted by molar-refractivity contribution is -0.136. The van der Waals surface area contributed by atoms with Crippen LogP contribution in [0.25, 0.3) is 0 Å². The van der Waals surface area contributed by atoms with Crippen LogP contribution in [0.5, 0.6) is 11.5 Å². The predicted molar refractivity (Wildman–Crippen MR) is 107 cm³/mol. The van der Waals surface area contributed by atoms with Gasteiger partial charge in [-0.25, -0.2) is 0 Å². The highest BCUT2D eigenvalue weighted by molar-refractivity contribution is 5.67. The fourth-order valence-corrected chi connectivity index (χ4v) is 3.07. The van der Waals surface area contributed by atoms with Crippen molar-refractivity contribution in [3.8, 4) is 11.5 Å². The van der Waals surface area contributed by atoms with E-state index in [4.69, 9.17) is 9.84 Å². The van der Waals surface area contributed by atoms with Crippen LogP contribution in [0, 0.1) is 0 Å². The Bertz CT molecular complexity index is 879. The number of carboxylic acid groups (broad SMARTS) is 1. The van der Waals surface area contributed by atoms with Crippen LogP contribution in [0.15, 0.2) is 78.9 Å². The van der Waals surface area contributed by atoms with Crippen molar-refractivity contribution in [3.05, 3.63) is 95.6 Å². The quantitative estimate of drug-likeness (QED) is 0.577. The topological polar surface area (TPSA) is 46.5 Å². The summed E-state index contributed by atoms with van der Waals surface area (Å²) in [4.78, 5) is 10.6. The first-order chi connectivity index (χ1) is 12.9. The van der Waals surface area contributed by atoms with E-state index in [0.29, 0.717) is 6.42 Å². The van der Waals surface area contributed by atoms with Crippen LogP contribution >= 0.6 is 0 Å². The smallest absolute Gasteiger partial charge is 0.303 e. The molecule has 3 rings (SSSR count). The van der Waals surface area contributed by atoms with Crippen LogP contribution in [-0.2, 0) is 16.6 Å².